The smallest absolute Gasteiger partial charge is 0.264 e. The second-order valence-electron chi connectivity index (χ2n) is 6.76. The van der Waals surface area contributed by atoms with Crippen molar-refractivity contribution in [2.45, 2.75) is 20.3 Å². The number of thiophene rings is 1. The number of aryl methyl sites for hydroxylation is 1. The molecule has 1 aromatic heterocycles. The van der Waals surface area contributed by atoms with Gasteiger partial charge < -0.3 is 10.2 Å². The summed E-state index contributed by atoms with van der Waals surface area (Å²) in [4.78, 5) is 28.5. The third-order valence-corrected chi connectivity index (χ3v) is 5.60. The molecule has 0 saturated heterocycles. The van der Waals surface area contributed by atoms with E-state index in [1.807, 2.05) is 44.2 Å². The molecule has 3 rings (SSSR count). The van der Waals surface area contributed by atoms with Crippen LogP contribution in [0.1, 0.15) is 28.6 Å². The number of rotatable bonds is 7. The van der Waals surface area contributed by atoms with Gasteiger partial charge in [0.1, 0.15) is 12.4 Å². The number of amides is 2. The van der Waals surface area contributed by atoms with E-state index >= 15 is 0 Å². The Bertz CT molecular complexity index is 998. The van der Waals surface area contributed by atoms with Gasteiger partial charge in [-0.15, -0.1) is 11.3 Å². The molecule has 1 heterocycles. The monoisotopic (exact) mass is 410 g/mol. The Morgan fingerprint density at radius 2 is 1.76 bits per heavy atom. The zero-order chi connectivity index (χ0) is 20.8. The van der Waals surface area contributed by atoms with Crippen molar-refractivity contribution < 1.29 is 14.0 Å². The molecule has 3 aromatic rings. The Labute approximate surface area is 174 Å². The third-order valence-electron chi connectivity index (χ3n) is 4.48. The Hall–Kier alpha value is -2.99. The number of carbonyl (C=O) groups excluding carboxylic acids is 2. The van der Waals surface area contributed by atoms with E-state index < -0.39 is 0 Å². The number of nitrogens with zero attached hydrogens (tertiary/aromatic N) is 1. The van der Waals surface area contributed by atoms with Crippen molar-refractivity contribution in [3.8, 4) is 10.4 Å². The summed E-state index contributed by atoms with van der Waals surface area (Å²) in [5.74, 6) is -0.697. The van der Waals surface area contributed by atoms with E-state index in [0.29, 0.717) is 11.4 Å². The summed E-state index contributed by atoms with van der Waals surface area (Å²) < 4.78 is 13.1. The maximum atomic E-state index is 13.1. The number of halogens is 1. The SMILES string of the molecule is CCCN(CC(=O)Nc1ccccc1C)C(=O)c1ccc(-c2ccc(F)cc2)s1. The zero-order valence-electron chi connectivity index (χ0n) is 16.4. The van der Waals surface area contributed by atoms with E-state index in [1.165, 1.54) is 23.5 Å². The average Bonchev–Trinajstić information content (AvgIpc) is 3.19. The van der Waals surface area contributed by atoms with Crippen molar-refractivity contribution in [2.75, 3.05) is 18.4 Å². The highest BCUT2D eigenvalue weighted by atomic mass is 32.1. The summed E-state index contributed by atoms with van der Waals surface area (Å²) >= 11 is 1.34. The Morgan fingerprint density at radius 3 is 2.45 bits per heavy atom. The molecule has 29 heavy (non-hydrogen) atoms. The maximum Gasteiger partial charge on any atom is 0.264 e. The molecule has 150 valence electrons. The highest BCUT2D eigenvalue weighted by molar-refractivity contribution is 7.17. The molecule has 0 aliphatic rings. The van der Waals surface area contributed by atoms with Crippen LogP contribution in [0, 0.1) is 12.7 Å². The lowest BCUT2D eigenvalue weighted by molar-refractivity contribution is -0.116. The lowest BCUT2D eigenvalue weighted by atomic mass is 10.2. The van der Waals surface area contributed by atoms with Gasteiger partial charge in [0, 0.05) is 17.1 Å². The summed E-state index contributed by atoms with van der Waals surface area (Å²) in [5.41, 5.74) is 2.57. The van der Waals surface area contributed by atoms with E-state index in [9.17, 15) is 14.0 Å². The second kappa shape index (κ2) is 9.47. The van der Waals surface area contributed by atoms with Crippen LogP contribution in [0.5, 0.6) is 0 Å². The lowest BCUT2D eigenvalue weighted by Gasteiger charge is -2.21. The topological polar surface area (TPSA) is 49.4 Å². The first-order chi connectivity index (χ1) is 14.0. The number of anilines is 1. The molecule has 0 aliphatic carbocycles. The first-order valence-corrected chi connectivity index (χ1v) is 10.3. The molecule has 0 fully saturated rings. The van der Waals surface area contributed by atoms with Gasteiger partial charge in [-0.2, -0.15) is 0 Å². The minimum atomic E-state index is -0.296. The van der Waals surface area contributed by atoms with Crippen molar-refractivity contribution >= 4 is 28.8 Å². The number of benzene rings is 2. The molecule has 0 spiro atoms. The van der Waals surface area contributed by atoms with Gasteiger partial charge >= 0.3 is 0 Å². The molecule has 4 nitrogen and oxygen atoms in total. The van der Waals surface area contributed by atoms with Crippen molar-refractivity contribution in [3.05, 3.63) is 76.9 Å². The average molecular weight is 411 g/mol. The summed E-state index contributed by atoms with van der Waals surface area (Å²) in [5, 5.41) is 2.88. The quantitative estimate of drug-likeness (QED) is 0.570. The van der Waals surface area contributed by atoms with E-state index in [2.05, 4.69) is 5.32 Å². The molecule has 0 bridgehead atoms. The molecule has 0 atom stereocenters. The molecular formula is C23H23FN2O2S. The fourth-order valence-electron chi connectivity index (χ4n) is 2.98. The number of carbonyl (C=O) groups is 2. The molecule has 2 aromatic carbocycles. The molecule has 0 unspecified atom stereocenters. The zero-order valence-corrected chi connectivity index (χ0v) is 17.3. The lowest BCUT2D eigenvalue weighted by Crippen LogP contribution is -2.38. The fourth-order valence-corrected chi connectivity index (χ4v) is 3.96. The fraction of sp³-hybridized carbons (Fsp3) is 0.217. The van der Waals surface area contributed by atoms with Gasteiger partial charge in [0.2, 0.25) is 5.91 Å². The summed E-state index contributed by atoms with van der Waals surface area (Å²) in [6, 6.07) is 17.3. The van der Waals surface area contributed by atoms with Crippen LogP contribution in [0.4, 0.5) is 10.1 Å². The van der Waals surface area contributed by atoms with Crippen LogP contribution in [0.15, 0.2) is 60.7 Å². The van der Waals surface area contributed by atoms with Crippen molar-refractivity contribution in [1.29, 1.82) is 0 Å². The maximum absolute atomic E-state index is 13.1. The highest BCUT2D eigenvalue weighted by Gasteiger charge is 2.20. The van der Waals surface area contributed by atoms with Gasteiger partial charge in [-0.1, -0.05) is 37.3 Å². The Balaban J connectivity index is 1.71. The predicted octanol–water partition coefficient (Wildman–Crippen LogP) is 5.35. The van der Waals surface area contributed by atoms with Gasteiger partial charge in [-0.05, 0) is 54.8 Å². The molecule has 2 amide bonds. The normalized spacial score (nSPS) is 10.6. The first kappa shape index (κ1) is 20.7. The number of hydrogen-bond acceptors (Lipinski definition) is 3. The van der Waals surface area contributed by atoms with Gasteiger partial charge in [0.05, 0.1) is 4.88 Å². The molecule has 0 saturated carbocycles. The van der Waals surface area contributed by atoms with Gasteiger partial charge in [0.25, 0.3) is 5.91 Å². The van der Waals surface area contributed by atoms with Gasteiger partial charge in [-0.25, -0.2) is 4.39 Å². The number of nitrogens with one attached hydrogen (secondary N) is 1. The van der Waals surface area contributed by atoms with E-state index in [-0.39, 0.29) is 24.2 Å². The number of hydrogen-bond donors (Lipinski definition) is 1. The molecule has 0 radical (unpaired) electrons. The minimum Gasteiger partial charge on any atom is -0.329 e. The summed E-state index contributed by atoms with van der Waals surface area (Å²) in [6.45, 7) is 4.37. The Kier molecular flexibility index (Phi) is 6.77. The highest BCUT2D eigenvalue weighted by Crippen LogP contribution is 2.29. The van der Waals surface area contributed by atoms with Crippen LogP contribution in [-0.4, -0.2) is 29.8 Å². The van der Waals surface area contributed by atoms with Crippen LogP contribution >= 0.6 is 11.3 Å². The molecule has 1 N–H and O–H groups in total. The summed E-state index contributed by atoms with van der Waals surface area (Å²) in [6.07, 6.45) is 0.750. The van der Waals surface area contributed by atoms with Crippen molar-refractivity contribution in [1.82, 2.24) is 4.90 Å². The van der Waals surface area contributed by atoms with E-state index in [4.69, 9.17) is 0 Å². The first-order valence-electron chi connectivity index (χ1n) is 9.48. The van der Waals surface area contributed by atoms with Crippen LogP contribution in [0.3, 0.4) is 0 Å². The standard InChI is InChI=1S/C23H23FN2O2S/c1-3-14-26(15-22(27)25-19-7-5-4-6-16(19)2)23(28)21-13-12-20(29-21)17-8-10-18(24)11-9-17/h4-13H,3,14-15H2,1-2H3,(H,25,27). The Morgan fingerprint density at radius 1 is 1.03 bits per heavy atom. The van der Waals surface area contributed by atoms with Gasteiger partial charge in [-0.3, -0.25) is 9.59 Å². The molecule has 0 aliphatic heterocycles. The van der Waals surface area contributed by atoms with Gasteiger partial charge in [0.15, 0.2) is 0 Å². The number of para-hydroxylation sites is 1. The molecular weight excluding hydrogens is 387 g/mol. The van der Waals surface area contributed by atoms with Crippen LogP contribution in [0.2, 0.25) is 0 Å². The van der Waals surface area contributed by atoms with Crippen molar-refractivity contribution in [2.24, 2.45) is 0 Å². The predicted molar refractivity (Wildman–Crippen MR) is 116 cm³/mol. The molecule has 6 heteroatoms. The summed E-state index contributed by atoms with van der Waals surface area (Å²) in [7, 11) is 0. The van der Waals surface area contributed by atoms with E-state index in [0.717, 1.165) is 28.1 Å². The minimum absolute atomic E-state index is 0.00914. The van der Waals surface area contributed by atoms with Crippen LogP contribution in [-0.2, 0) is 4.79 Å². The van der Waals surface area contributed by atoms with E-state index in [1.54, 1.807) is 23.1 Å². The largest absolute Gasteiger partial charge is 0.329 e. The van der Waals surface area contributed by atoms with Crippen LogP contribution in [0.25, 0.3) is 10.4 Å². The third kappa shape index (κ3) is 5.29. The second-order valence-corrected chi connectivity index (χ2v) is 7.84. The van der Waals surface area contributed by atoms with Crippen molar-refractivity contribution in [3.63, 3.8) is 0 Å². The van der Waals surface area contributed by atoms with Crippen LogP contribution < -0.4 is 5.32 Å².